The monoisotopic (exact) mass is 254 g/mol. The number of amides is 2. The molecule has 2 aliphatic rings. The van der Waals surface area contributed by atoms with E-state index in [2.05, 4.69) is 10.5 Å². The van der Waals surface area contributed by atoms with Crippen LogP contribution in [0.5, 0.6) is 0 Å². The molecule has 2 amide bonds. The first-order valence-corrected chi connectivity index (χ1v) is 6.75. The van der Waals surface area contributed by atoms with Gasteiger partial charge in [-0.1, -0.05) is 11.6 Å². The van der Waals surface area contributed by atoms with Gasteiger partial charge in [-0.25, -0.2) is 4.79 Å². The van der Waals surface area contributed by atoms with E-state index in [-0.39, 0.29) is 23.8 Å². The number of nitrogens with zero attached hydrogens (tertiary/aromatic N) is 2. The van der Waals surface area contributed by atoms with Crippen LogP contribution in [0.2, 0.25) is 0 Å². The second kappa shape index (κ2) is 5.93. The van der Waals surface area contributed by atoms with Crippen LogP contribution in [0.15, 0.2) is 5.16 Å². The molecule has 0 radical (unpaired) electrons. The number of hydrogen-bond donors (Lipinski definition) is 3. The van der Waals surface area contributed by atoms with E-state index >= 15 is 0 Å². The first kappa shape index (κ1) is 13.0. The average molecular weight is 254 g/mol. The number of urea groups is 1. The van der Waals surface area contributed by atoms with Crippen LogP contribution >= 0.6 is 0 Å². The maximum atomic E-state index is 12.1. The fourth-order valence-corrected chi connectivity index (χ4v) is 2.91. The van der Waals surface area contributed by atoms with Gasteiger partial charge in [-0.05, 0) is 32.1 Å². The minimum Gasteiger partial charge on any atom is -0.409 e. The van der Waals surface area contributed by atoms with E-state index in [1.165, 1.54) is 6.42 Å². The van der Waals surface area contributed by atoms with Gasteiger partial charge in [0.25, 0.3) is 0 Å². The molecule has 2 atom stereocenters. The van der Waals surface area contributed by atoms with Gasteiger partial charge in [0.1, 0.15) is 5.84 Å². The molecule has 0 bridgehead atoms. The van der Waals surface area contributed by atoms with Crippen LogP contribution in [-0.2, 0) is 0 Å². The summed E-state index contributed by atoms with van der Waals surface area (Å²) in [6.45, 7) is 1.68. The molecule has 0 aromatic heterocycles. The van der Waals surface area contributed by atoms with Gasteiger partial charge in [-0.15, -0.1) is 0 Å². The van der Waals surface area contributed by atoms with Crippen LogP contribution in [-0.4, -0.2) is 41.1 Å². The van der Waals surface area contributed by atoms with Crippen molar-refractivity contribution in [3.63, 3.8) is 0 Å². The SMILES string of the molecule is NC(=NO)C1CCCC1NC(=O)N1CCCCC1. The second-order valence-electron chi connectivity index (χ2n) is 5.17. The molecule has 0 spiro atoms. The summed E-state index contributed by atoms with van der Waals surface area (Å²) >= 11 is 0. The predicted octanol–water partition coefficient (Wildman–Crippen LogP) is 1.10. The van der Waals surface area contributed by atoms with Gasteiger partial charge in [0.15, 0.2) is 0 Å². The molecule has 1 heterocycles. The lowest BCUT2D eigenvalue weighted by atomic mass is 10.0. The number of oxime groups is 1. The van der Waals surface area contributed by atoms with Gasteiger partial charge in [0.2, 0.25) is 0 Å². The quantitative estimate of drug-likeness (QED) is 0.298. The molecule has 6 nitrogen and oxygen atoms in total. The minimum atomic E-state index is -0.0243. The third-order valence-corrected chi connectivity index (χ3v) is 3.96. The van der Waals surface area contributed by atoms with Crippen molar-refractivity contribution < 1.29 is 10.0 Å². The standard InChI is InChI=1S/C12H22N4O2/c13-11(15-18)9-5-4-6-10(9)14-12(17)16-7-2-1-3-8-16/h9-10,18H,1-8H2,(H2,13,15)(H,14,17). The Labute approximate surface area is 107 Å². The Morgan fingerprint density at radius 3 is 2.61 bits per heavy atom. The third kappa shape index (κ3) is 2.86. The summed E-state index contributed by atoms with van der Waals surface area (Å²) in [5, 5.41) is 14.8. The lowest BCUT2D eigenvalue weighted by molar-refractivity contribution is 0.181. The Bertz CT molecular complexity index is 326. The summed E-state index contributed by atoms with van der Waals surface area (Å²) in [4.78, 5) is 13.9. The van der Waals surface area contributed by atoms with Crippen molar-refractivity contribution in [2.45, 2.75) is 44.6 Å². The highest BCUT2D eigenvalue weighted by molar-refractivity contribution is 5.84. The van der Waals surface area contributed by atoms with Crippen LogP contribution in [0.4, 0.5) is 4.79 Å². The number of rotatable bonds is 2. The number of nitrogens with two attached hydrogens (primary N) is 1. The van der Waals surface area contributed by atoms with Crippen molar-refractivity contribution in [2.75, 3.05) is 13.1 Å². The maximum absolute atomic E-state index is 12.1. The lowest BCUT2D eigenvalue weighted by Gasteiger charge is -2.29. The number of nitrogens with one attached hydrogen (secondary N) is 1. The molecule has 18 heavy (non-hydrogen) atoms. The Kier molecular flexibility index (Phi) is 4.28. The molecule has 1 saturated heterocycles. The van der Waals surface area contributed by atoms with Gasteiger partial charge in [-0.3, -0.25) is 0 Å². The molecule has 6 heteroatoms. The van der Waals surface area contributed by atoms with Crippen LogP contribution < -0.4 is 11.1 Å². The summed E-state index contributed by atoms with van der Waals surface area (Å²) in [6.07, 6.45) is 6.16. The van der Waals surface area contributed by atoms with E-state index in [4.69, 9.17) is 10.9 Å². The van der Waals surface area contributed by atoms with Gasteiger partial charge in [-0.2, -0.15) is 0 Å². The highest BCUT2D eigenvalue weighted by Crippen LogP contribution is 2.26. The van der Waals surface area contributed by atoms with Crippen molar-refractivity contribution in [3.8, 4) is 0 Å². The Balaban J connectivity index is 1.89. The zero-order valence-electron chi connectivity index (χ0n) is 10.6. The first-order chi connectivity index (χ1) is 8.72. The Morgan fingerprint density at radius 2 is 1.94 bits per heavy atom. The summed E-state index contributed by atoms with van der Waals surface area (Å²) in [5.74, 6) is 0.209. The van der Waals surface area contributed by atoms with Crippen molar-refractivity contribution in [2.24, 2.45) is 16.8 Å². The molecule has 2 unspecified atom stereocenters. The van der Waals surface area contributed by atoms with E-state index in [0.29, 0.717) is 0 Å². The molecular formula is C12H22N4O2. The van der Waals surface area contributed by atoms with E-state index in [9.17, 15) is 4.79 Å². The summed E-state index contributed by atoms with van der Waals surface area (Å²) < 4.78 is 0. The zero-order chi connectivity index (χ0) is 13.0. The van der Waals surface area contributed by atoms with Crippen LogP contribution in [0.3, 0.4) is 0 Å². The summed E-state index contributed by atoms with van der Waals surface area (Å²) in [6, 6.07) is 0.00710. The van der Waals surface area contributed by atoms with Crippen LogP contribution in [0.25, 0.3) is 0 Å². The van der Waals surface area contributed by atoms with Gasteiger partial charge >= 0.3 is 6.03 Å². The number of likely N-dealkylation sites (tertiary alicyclic amines) is 1. The van der Waals surface area contributed by atoms with E-state index in [0.717, 1.165) is 45.2 Å². The molecule has 102 valence electrons. The second-order valence-corrected chi connectivity index (χ2v) is 5.17. The fraction of sp³-hybridized carbons (Fsp3) is 0.833. The van der Waals surface area contributed by atoms with E-state index in [1.807, 2.05) is 4.90 Å². The molecule has 1 saturated carbocycles. The van der Waals surface area contributed by atoms with Gasteiger partial charge in [0.05, 0.1) is 0 Å². The topological polar surface area (TPSA) is 91.0 Å². The number of amidine groups is 1. The van der Waals surface area contributed by atoms with Crippen molar-refractivity contribution in [1.29, 1.82) is 0 Å². The average Bonchev–Trinajstić information content (AvgIpc) is 2.87. The predicted molar refractivity (Wildman–Crippen MR) is 68.5 cm³/mol. The molecule has 4 N–H and O–H groups in total. The maximum Gasteiger partial charge on any atom is 0.317 e. The highest BCUT2D eigenvalue weighted by atomic mass is 16.4. The minimum absolute atomic E-state index is 0.00246. The highest BCUT2D eigenvalue weighted by Gasteiger charge is 2.32. The molecule has 1 aliphatic carbocycles. The van der Waals surface area contributed by atoms with E-state index < -0.39 is 0 Å². The summed E-state index contributed by atoms with van der Waals surface area (Å²) in [5.41, 5.74) is 5.66. The molecule has 0 aromatic carbocycles. The number of carbonyl (C=O) groups excluding carboxylic acids is 1. The van der Waals surface area contributed by atoms with Crippen molar-refractivity contribution in [3.05, 3.63) is 0 Å². The number of carbonyl (C=O) groups is 1. The molecule has 0 aromatic rings. The lowest BCUT2D eigenvalue weighted by Crippen LogP contribution is -2.49. The largest absolute Gasteiger partial charge is 0.409 e. The first-order valence-electron chi connectivity index (χ1n) is 6.75. The zero-order valence-corrected chi connectivity index (χ0v) is 10.6. The molecule has 2 fully saturated rings. The fourth-order valence-electron chi connectivity index (χ4n) is 2.91. The Hall–Kier alpha value is -1.46. The molecular weight excluding hydrogens is 232 g/mol. The summed E-state index contributed by atoms with van der Waals surface area (Å²) in [7, 11) is 0. The van der Waals surface area contributed by atoms with Crippen LogP contribution in [0.1, 0.15) is 38.5 Å². The third-order valence-electron chi connectivity index (χ3n) is 3.96. The molecule has 2 rings (SSSR count). The van der Waals surface area contributed by atoms with Crippen LogP contribution in [0, 0.1) is 5.92 Å². The van der Waals surface area contributed by atoms with Crippen molar-refractivity contribution in [1.82, 2.24) is 10.2 Å². The molecule has 1 aliphatic heterocycles. The van der Waals surface area contributed by atoms with E-state index in [1.54, 1.807) is 0 Å². The normalized spacial score (nSPS) is 29.3. The smallest absolute Gasteiger partial charge is 0.317 e. The van der Waals surface area contributed by atoms with Crippen molar-refractivity contribution >= 4 is 11.9 Å². The van der Waals surface area contributed by atoms with Gasteiger partial charge < -0.3 is 21.2 Å². The van der Waals surface area contributed by atoms with Gasteiger partial charge in [0, 0.05) is 25.0 Å². The Morgan fingerprint density at radius 1 is 1.22 bits per heavy atom. The number of piperidine rings is 1. The number of hydrogen-bond acceptors (Lipinski definition) is 3.